The number of nitrogens with zero attached hydrogens (tertiary/aromatic N) is 2. The number of aliphatic hydroxyl groups is 1. The number of halogens is 1. The van der Waals surface area contributed by atoms with E-state index in [2.05, 4.69) is 22.6 Å². The van der Waals surface area contributed by atoms with Crippen LogP contribution in [0.15, 0.2) is 48.6 Å². The first kappa shape index (κ1) is 38.3. The predicted molar refractivity (Wildman–Crippen MR) is 200 cm³/mol. The van der Waals surface area contributed by atoms with Crippen LogP contribution >= 0.6 is 11.6 Å². The number of benzene rings is 2. The molecule has 0 radical (unpaired) electrons. The van der Waals surface area contributed by atoms with Crippen molar-refractivity contribution in [3.8, 4) is 5.75 Å². The maximum Gasteiger partial charge on any atom is 0.263 e. The third-order valence-corrected chi connectivity index (χ3v) is 12.7. The molecule has 8 atom stereocenters. The molecular formula is C39H54ClN3O6S. The Balaban J connectivity index is 0.00000239. The zero-order valence-corrected chi connectivity index (χ0v) is 31.9. The summed E-state index contributed by atoms with van der Waals surface area (Å²) in [5.41, 5.74) is 2.06. The number of rotatable bonds is 4. The molecule has 274 valence electrons. The minimum atomic E-state index is -1.64. The van der Waals surface area contributed by atoms with Gasteiger partial charge in [-0.05, 0) is 91.8 Å². The normalized spacial score (nSPS) is 32.3. The molecule has 2 amide bonds. The van der Waals surface area contributed by atoms with Crippen molar-refractivity contribution in [2.45, 2.75) is 89.6 Å². The van der Waals surface area contributed by atoms with Crippen molar-refractivity contribution in [3.63, 3.8) is 0 Å². The zero-order valence-electron chi connectivity index (χ0n) is 30.3. The number of allylic oxidation sites excluding steroid dienone is 1. The van der Waals surface area contributed by atoms with Crippen LogP contribution in [0.25, 0.3) is 0 Å². The Morgan fingerprint density at radius 2 is 1.88 bits per heavy atom. The number of carbonyl (C=O) groups excluding carboxylic acids is 2. The van der Waals surface area contributed by atoms with Crippen molar-refractivity contribution >= 4 is 40.1 Å². The maximum absolute atomic E-state index is 13.5. The molecule has 2 fully saturated rings. The lowest BCUT2D eigenvalue weighted by Gasteiger charge is -2.51. The lowest BCUT2D eigenvalue weighted by Crippen LogP contribution is -2.63. The number of ether oxygens (including phenoxy) is 2. The fourth-order valence-corrected chi connectivity index (χ4v) is 8.89. The number of morpholine rings is 1. The van der Waals surface area contributed by atoms with Crippen LogP contribution in [-0.4, -0.2) is 82.9 Å². The third-order valence-electron chi connectivity index (χ3n) is 10.9. The van der Waals surface area contributed by atoms with Crippen LogP contribution in [0.4, 0.5) is 5.69 Å². The zero-order chi connectivity index (χ0) is 36.2. The van der Waals surface area contributed by atoms with E-state index in [1.54, 1.807) is 24.1 Å². The van der Waals surface area contributed by atoms with E-state index >= 15 is 0 Å². The molecule has 4 aliphatic rings. The summed E-state index contributed by atoms with van der Waals surface area (Å²) in [4.78, 5) is 30.9. The molecule has 9 nitrogen and oxygen atoms in total. The third kappa shape index (κ3) is 7.93. The fraction of sp³-hybridized carbons (Fsp3) is 0.590. The van der Waals surface area contributed by atoms with Gasteiger partial charge in [0.2, 0.25) is 0 Å². The summed E-state index contributed by atoms with van der Waals surface area (Å²) < 4.78 is 28.6. The second-order valence-electron chi connectivity index (χ2n) is 14.1. The summed E-state index contributed by atoms with van der Waals surface area (Å²) in [6.07, 6.45) is 6.69. The minimum absolute atomic E-state index is 0.0168. The highest BCUT2D eigenvalue weighted by atomic mass is 35.5. The van der Waals surface area contributed by atoms with Crippen LogP contribution in [0.1, 0.15) is 87.7 Å². The summed E-state index contributed by atoms with van der Waals surface area (Å²) in [7, 11) is 0.109. The molecule has 2 N–H and O–H groups in total. The number of anilines is 1. The van der Waals surface area contributed by atoms with Crippen molar-refractivity contribution in [1.29, 1.82) is 0 Å². The molecular weight excluding hydrogens is 674 g/mol. The number of nitrogens with one attached hydrogen (secondary N) is 1. The first-order valence-electron chi connectivity index (χ1n) is 18.3. The van der Waals surface area contributed by atoms with E-state index in [9.17, 15) is 18.9 Å². The molecule has 2 bridgehead atoms. The van der Waals surface area contributed by atoms with E-state index < -0.39 is 28.6 Å². The van der Waals surface area contributed by atoms with E-state index in [0.717, 1.165) is 31.4 Å². The SMILES string of the molecule is CC.CCCc1cc(Cl)ccc1C1COc2ccc3cc2N(C1)CC1CCC1C(O)(C1OCCN(C)C1=O)/C=C/CC(C)C(C)S(=O)NC3=O. The van der Waals surface area contributed by atoms with Crippen LogP contribution in [0, 0.1) is 17.8 Å². The Morgan fingerprint density at radius 1 is 1.10 bits per heavy atom. The number of hydrogen-bond donors (Lipinski definition) is 2. The quantitative estimate of drug-likeness (QED) is 0.357. The van der Waals surface area contributed by atoms with E-state index in [-0.39, 0.29) is 34.8 Å². The van der Waals surface area contributed by atoms with Crippen molar-refractivity contribution in [1.82, 2.24) is 9.62 Å². The first-order chi connectivity index (χ1) is 24.0. The summed E-state index contributed by atoms with van der Waals surface area (Å²) in [5.74, 6) is -0.179. The van der Waals surface area contributed by atoms with Gasteiger partial charge in [0.25, 0.3) is 11.8 Å². The van der Waals surface area contributed by atoms with Gasteiger partial charge < -0.3 is 24.4 Å². The highest BCUT2D eigenvalue weighted by molar-refractivity contribution is 7.84. The molecule has 0 aromatic heterocycles. The van der Waals surface area contributed by atoms with Crippen molar-refractivity contribution in [2.75, 3.05) is 44.8 Å². The van der Waals surface area contributed by atoms with Crippen LogP contribution in [0.3, 0.4) is 0 Å². The minimum Gasteiger partial charge on any atom is -0.491 e. The van der Waals surface area contributed by atoms with Gasteiger partial charge in [0.05, 0.1) is 24.2 Å². The summed E-state index contributed by atoms with van der Waals surface area (Å²) in [6.45, 7) is 12.5. The Morgan fingerprint density at radius 3 is 2.60 bits per heavy atom. The average molecular weight is 728 g/mol. The number of hydrogen-bond acceptors (Lipinski definition) is 7. The van der Waals surface area contributed by atoms with Gasteiger partial charge in [0.15, 0.2) is 6.10 Å². The summed E-state index contributed by atoms with van der Waals surface area (Å²) in [5, 5.41) is 12.9. The topological polar surface area (TPSA) is 108 Å². The van der Waals surface area contributed by atoms with Crippen LogP contribution in [0.2, 0.25) is 5.02 Å². The standard InChI is InChI=1S/C37H48ClN3O6S.C2H6/c1-5-7-25-18-29(38)11-12-30(25)28-21-41-20-27-9-13-31(27)37(44,34-36(43)40(4)16-17-46-34)15-6-8-23(2)24(3)48(45)39-35(42)26-10-14-33(47-22-28)32(41)19-26;1-2/h6,10-12,14-15,18-19,23-24,27-28,31,34,44H,5,7-9,13,16-17,20-22H2,1-4H3,(H,39,42);1-2H3/b15-6+;. The van der Waals surface area contributed by atoms with Gasteiger partial charge in [-0.2, -0.15) is 0 Å². The fourth-order valence-electron chi connectivity index (χ4n) is 7.68. The molecule has 8 unspecified atom stereocenters. The lowest BCUT2D eigenvalue weighted by molar-refractivity contribution is -0.185. The van der Waals surface area contributed by atoms with E-state index in [1.807, 2.05) is 58.0 Å². The van der Waals surface area contributed by atoms with Crippen LogP contribution in [-0.2, 0) is 26.9 Å². The van der Waals surface area contributed by atoms with Crippen molar-refractivity contribution in [3.05, 3.63) is 70.3 Å². The van der Waals surface area contributed by atoms with Crippen molar-refractivity contribution < 1.29 is 28.4 Å². The lowest BCUT2D eigenvalue weighted by atomic mass is 9.62. The molecule has 3 aliphatic heterocycles. The number of carbonyl (C=O) groups is 2. The van der Waals surface area contributed by atoms with E-state index in [1.165, 1.54) is 11.1 Å². The van der Waals surface area contributed by atoms with Gasteiger partial charge in [-0.25, -0.2) is 4.21 Å². The Hall–Kier alpha value is -2.92. The number of aryl methyl sites for hydroxylation is 1. The molecule has 11 heteroatoms. The molecule has 1 aliphatic carbocycles. The molecule has 2 aromatic rings. The van der Waals surface area contributed by atoms with E-state index in [0.29, 0.717) is 55.6 Å². The van der Waals surface area contributed by atoms with Gasteiger partial charge in [-0.1, -0.05) is 63.9 Å². The molecule has 0 spiro atoms. The number of amides is 2. The first-order valence-corrected chi connectivity index (χ1v) is 19.9. The highest BCUT2D eigenvalue weighted by Crippen LogP contribution is 2.48. The maximum atomic E-state index is 13.5. The van der Waals surface area contributed by atoms with Gasteiger partial charge in [0.1, 0.15) is 22.3 Å². The van der Waals surface area contributed by atoms with Gasteiger partial charge in [-0.15, -0.1) is 0 Å². The van der Waals surface area contributed by atoms with Gasteiger partial charge >= 0.3 is 0 Å². The van der Waals surface area contributed by atoms with Crippen molar-refractivity contribution in [2.24, 2.45) is 17.8 Å². The molecule has 2 aromatic carbocycles. The monoisotopic (exact) mass is 727 g/mol. The van der Waals surface area contributed by atoms with Crippen LogP contribution < -0.4 is 14.4 Å². The Bertz CT molecular complexity index is 1590. The van der Waals surface area contributed by atoms with Crippen LogP contribution in [0.5, 0.6) is 5.75 Å². The van der Waals surface area contributed by atoms with Gasteiger partial charge in [-0.3, -0.25) is 14.3 Å². The Labute approximate surface area is 305 Å². The molecule has 1 saturated heterocycles. The van der Waals surface area contributed by atoms with Gasteiger partial charge in [0, 0.05) is 43.2 Å². The second kappa shape index (κ2) is 16.6. The Kier molecular flexibility index (Phi) is 12.7. The largest absolute Gasteiger partial charge is 0.491 e. The predicted octanol–water partition coefficient (Wildman–Crippen LogP) is 6.29. The smallest absolute Gasteiger partial charge is 0.263 e. The molecule has 50 heavy (non-hydrogen) atoms. The molecule has 1 saturated carbocycles. The average Bonchev–Trinajstić information content (AvgIpc) is 3.27. The van der Waals surface area contributed by atoms with E-state index in [4.69, 9.17) is 21.1 Å². The summed E-state index contributed by atoms with van der Waals surface area (Å²) in [6, 6.07) is 11.5. The molecule has 6 rings (SSSR count). The second-order valence-corrected chi connectivity index (χ2v) is 16.1. The number of likely N-dealkylation sites (N-methyl/N-ethyl adjacent to an activating group) is 1. The molecule has 3 heterocycles. The highest BCUT2D eigenvalue weighted by Gasteiger charge is 2.54. The number of fused-ring (bicyclic) bond motifs is 2. The summed E-state index contributed by atoms with van der Waals surface area (Å²) >= 11 is 6.44.